The minimum absolute atomic E-state index is 0.0304. The zero-order chi connectivity index (χ0) is 15.4. The predicted molar refractivity (Wildman–Crippen MR) is 87.2 cm³/mol. The van der Waals surface area contributed by atoms with Gasteiger partial charge in [0.15, 0.2) is 0 Å². The fraction of sp³-hybridized carbons (Fsp3) is 0.312. The van der Waals surface area contributed by atoms with Crippen LogP contribution in [0.2, 0.25) is 0 Å². The number of phenols is 1. The Kier molecular flexibility index (Phi) is 5.20. The number of alkyl halides is 1. The van der Waals surface area contributed by atoms with Crippen LogP contribution in [0, 0.1) is 0 Å². The van der Waals surface area contributed by atoms with Gasteiger partial charge in [-0.05, 0) is 11.5 Å². The standard InChI is InChI=1S/C16H18BrNO3/c1-18(9-12(17)10-21-2)16(20)14-8-7-11-5-3-4-6-13(11)15(14)19/h3-8,12,19H,9-10H2,1-2H3. The molecular weight excluding hydrogens is 334 g/mol. The lowest BCUT2D eigenvalue weighted by atomic mass is 10.0. The zero-order valence-electron chi connectivity index (χ0n) is 12.0. The van der Waals surface area contributed by atoms with E-state index in [1.807, 2.05) is 24.3 Å². The van der Waals surface area contributed by atoms with Crippen LogP contribution in [0.3, 0.4) is 0 Å². The third-order valence-electron chi connectivity index (χ3n) is 3.30. The van der Waals surface area contributed by atoms with Crippen molar-refractivity contribution in [3.63, 3.8) is 0 Å². The molecule has 0 fully saturated rings. The molecule has 1 N–H and O–H groups in total. The van der Waals surface area contributed by atoms with E-state index in [0.717, 1.165) is 5.39 Å². The summed E-state index contributed by atoms with van der Waals surface area (Å²) in [5.74, 6) is -0.179. The highest BCUT2D eigenvalue weighted by Gasteiger charge is 2.19. The second-order valence-corrected chi connectivity index (χ2v) is 6.22. The van der Waals surface area contributed by atoms with Crippen LogP contribution in [0.15, 0.2) is 36.4 Å². The van der Waals surface area contributed by atoms with Gasteiger partial charge in [0, 0.05) is 26.1 Å². The Balaban J connectivity index is 2.25. The number of amides is 1. The number of nitrogens with zero attached hydrogens (tertiary/aromatic N) is 1. The molecule has 5 heteroatoms. The first-order chi connectivity index (χ1) is 10.0. The Bertz CT molecular complexity index is 644. The number of fused-ring (bicyclic) bond motifs is 1. The van der Waals surface area contributed by atoms with E-state index in [-0.39, 0.29) is 16.5 Å². The largest absolute Gasteiger partial charge is 0.506 e. The maximum absolute atomic E-state index is 12.5. The van der Waals surface area contributed by atoms with E-state index in [0.29, 0.717) is 24.1 Å². The SMILES string of the molecule is COCC(Br)CN(C)C(=O)c1ccc2ccccc2c1O. The molecule has 4 nitrogen and oxygen atoms in total. The third-order valence-corrected chi connectivity index (χ3v) is 3.85. The Labute approximate surface area is 132 Å². The number of hydrogen-bond donors (Lipinski definition) is 1. The summed E-state index contributed by atoms with van der Waals surface area (Å²) < 4.78 is 5.04. The summed E-state index contributed by atoms with van der Waals surface area (Å²) >= 11 is 3.46. The van der Waals surface area contributed by atoms with Gasteiger partial charge in [-0.3, -0.25) is 4.79 Å². The minimum Gasteiger partial charge on any atom is -0.506 e. The van der Waals surface area contributed by atoms with Crippen molar-refractivity contribution in [2.45, 2.75) is 4.83 Å². The van der Waals surface area contributed by atoms with Gasteiger partial charge in [-0.25, -0.2) is 0 Å². The van der Waals surface area contributed by atoms with E-state index in [2.05, 4.69) is 15.9 Å². The lowest BCUT2D eigenvalue weighted by Gasteiger charge is -2.21. The molecule has 0 spiro atoms. The van der Waals surface area contributed by atoms with Crippen LogP contribution in [-0.4, -0.2) is 48.0 Å². The number of rotatable bonds is 5. The van der Waals surface area contributed by atoms with Crippen LogP contribution in [-0.2, 0) is 4.74 Å². The van der Waals surface area contributed by atoms with Crippen LogP contribution in [0.4, 0.5) is 0 Å². The normalized spacial score (nSPS) is 12.3. The van der Waals surface area contributed by atoms with Crippen molar-refractivity contribution < 1.29 is 14.6 Å². The summed E-state index contributed by atoms with van der Waals surface area (Å²) in [7, 11) is 3.33. The Morgan fingerprint density at radius 3 is 2.76 bits per heavy atom. The van der Waals surface area contributed by atoms with E-state index in [1.54, 1.807) is 31.2 Å². The molecule has 2 rings (SSSR count). The van der Waals surface area contributed by atoms with Crippen LogP contribution < -0.4 is 0 Å². The van der Waals surface area contributed by atoms with Gasteiger partial charge in [0.1, 0.15) is 5.75 Å². The summed E-state index contributed by atoms with van der Waals surface area (Å²) in [4.78, 5) is 14.1. The maximum Gasteiger partial charge on any atom is 0.257 e. The summed E-state index contributed by atoms with van der Waals surface area (Å²) in [5.41, 5.74) is 0.313. The number of carbonyl (C=O) groups excluding carboxylic acids is 1. The maximum atomic E-state index is 12.5. The number of methoxy groups -OCH3 is 1. The Morgan fingerprint density at radius 1 is 1.33 bits per heavy atom. The molecule has 0 aliphatic rings. The molecule has 1 unspecified atom stereocenters. The molecule has 1 atom stereocenters. The summed E-state index contributed by atoms with van der Waals surface area (Å²) in [6, 6.07) is 11.0. The van der Waals surface area contributed by atoms with E-state index in [9.17, 15) is 9.90 Å². The van der Waals surface area contributed by atoms with Gasteiger partial charge < -0.3 is 14.7 Å². The van der Waals surface area contributed by atoms with Crippen molar-refractivity contribution in [3.8, 4) is 5.75 Å². The number of aromatic hydroxyl groups is 1. The third kappa shape index (κ3) is 3.54. The van der Waals surface area contributed by atoms with Crippen LogP contribution in [0.25, 0.3) is 10.8 Å². The van der Waals surface area contributed by atoms with E-state index >= 15 is 0 Å². The number of benzene rings is 2. The number of ether oxygens (including phenoxy) is 1. The highest BCUT2D eigenvalue weighted by Crippen LogP contribution is 2.29. The average Bonchev–Trinajstić information content (AvgIpc) is 2.47. The van der Waals surface area contributed by atoms with Crippen molar-refractivity contribution in [2.24, 2.45) is 0 Å². The predicted octanol–water partition coefficient (Wildman–Crippen LogP) is 3.03. The van der Waals surface area contributed by atoms with Crippen molar-refractivity contribution in [1.82, 2.24) is 4.90 Å². The fourth-order valence-electron chi connectivity index (χ4n) is 2.25. The molecule has 112 valence electrons. The number of carbonyl (C=O) groups is 1. The highest BCUT2D eigenvalue weighted by molar-refractivity contribution is 9.09. The van der Waals surface area contributed by atoms with E-state index < -0.39 is 0 Å². The lowest BCUT2D eigenvalue weighted by molar-refractivity contribution is 0.0781. The van der Waals surface area contributed by atoms with Gasteiger partial charge >= 0.3 is 0 Å². The monoisotopic (exact) mass is 351 g/mol. The average molecular weight is 352 g/mol. The quantitative estimate of drug-likeness (QED) is 0.842. The molecular formula is C16H18BrNO3. The highest BCUT2D eigenvalue weighted by atomic mass is 79.9. The van der Waals surface area contributed by atoms with Gasteiger partial charge in [-0.15, -0.1) is 0 Å². The molecule has 0 heterocycles. The molecule has 0 bridgehead atoms. The van der Waals surface area contributed by atoms with E-state index in [1.165, 1.54) is 0 Å². The molecule has 2 aromatic carbocycles. The lowest BCUT2D eigenvalue weighted by Crippen LogP contribution is -2.33. The molecule has 0 radical (unpaired) electrons. The molecule has 1 amide bonds. The van der Waals surface area contributed by atoms with Crippen molar-refractivity contribution in [3.05, 3.63) is 42.0 Å². The topological polar surface area (TPSA) is 49.8 Å². The first-order valence-electron chi connectivity index (χ1n) is 6.63. The smallest absolute Gasteiger partial charge is 0.257 e. The zero-order valence-corrected chi connectivity index (χ0v) is 13.6. The van der Waals surface area contributed by atoms with Crippen molar-refractivity contribution in [2.75, 3.05) is 27.3 Å². The number of hydrogen-bond acceptors (Lipinski definition) is 3. The first-order valence-corrected chi connectivity index (χ1v) is 7.55. The molecule has 0 aromatic heterocycles. The Morgan fingerprint density at radius 2 is 2.05 bits per heavy atom. The summed E-state index contributed by atoms with van der Waals surface area (Å²) in [5, 5.41) is 11.9. The van der Waals surface area contributed by atoms with E-state index in [4.69, 9.17) is 4.74 Å². The molecule has 2 aromatic rings. The van der Waals surface area contributed by atoms with Crippen LogP contribution >= 0.6 is 15.9 Å². The molecule has 0 aliphatic heterocycles. The van der Waals surface area contributed by atoms with Gasteiger partial charge in [0.05, 0.1) is 17.0 Å². The fourth-order valence-corrected chi connectivity index (χ4v) is 2.95. The number of halogens is 1. The molecule has 0 saturated carbocycles. The van der Waals surface area contributed by atoms with Gasteiger partial charge in [0.25, 0.3) is 5.91 Å². The van der Waals surface area contributed by atoms with Gasteiger partial charge in [-0.2, -0.15) is 0 Å². The second-order valence-electron chi connectivity index (χ2n) is 4.92. The summed E-state index contributed by atoms with van der Waals surface area (Å²) in [6.45, 7) is 1.01. The first kappa shape index (κ1) is 15.8. The van der Waals surface area contributed by atoms with Crippen molar-refractivity contribution in [1.29, 1.82) is 0 Å². The molecule has 0 aliphatic carbocycles. The molecule has 0 saturated heterocycles. The van der Waals surface area contributed by atoms with Crippen molar-refractivity contribution >= 4 is 32.6 Å². The van der Waals surface area contributed by atoms with Gasteiger partial charge in [-0.1, -0.05) is 46.3 Å². The van der Waals surface area contributed by atoms with Gasteiger partial charge in [0.2, 0.25) is 0 Å². The minimum atomic E-state index is -0.209. The Hall–Kier alpha value is -1.59. The summed E-state index contributed by atoms with van der Waals surface area (Å²) in [6.07, 6.45) is 0. The van der Waals surface area contributed by atoms with Crippen LogP contribution in [0.1, 0.15) is 10.4 Å². The number of phenolic OH excluding ortho intramolecular Hbond substituents is 1. The van der Waals surface area contributed by atoms with Crippen LogP contribution in [0.5, 0.6) is 5.75 Å². The molecule has 21 heavy (non-hydrogen) atoms. The second kappa shape index (κ2) is 6.91.